The molecule has 2 aromatic rings. The Balaban J connectivity index is 1.68. The lowest BCUT2D eigenvalue weighted by Gasteiger charge is -2.22. The Bertz CT molecular complexity index is 483. The Morgan fingerprint density at radius 1 is 1.29 bits per heavy atom. The molecule has 0 unspecified atom stereocenters. The molecule has 2 heterocycles. The average molecular weight is 229 g/mol. The maximum absolute atomic E-state index is 4.31. The molecule has 0 spiro atoms. The average Bonchev–Trinajstić information content (AvgIpc) is 2.81. The lowest BCUT2D eigenvalue weighted by Crippen LogP contribution is -2.30. The molecule has 0 radical (unpaired) electrons. The van der Waals surface area contributed by atoms with E-state index in [0.29, 0.717) is 6.04 Å². The van der Waals surface area contributed by atoms with Crippen molar-refractivity contribution in [1.29, 1.82) is 0 Å². The molecule has 2 N–H and O–H groups in total. The molecule has 0 bridgehead atoms. The summed E-state index contributed by atoms with van der Waals surface area (Å²) in [6.45, 7) is 0.955. The van der Waals surface area contributed by atoms with Gasteiger partial charge in [-0.15, -0.1) is 0 Å². The van der Waals surface area contributed by atoms with Crippen LogP contribution >= 0.6 is 0 Å². The van der Waals surface area contributed by atoms with Gasteiger partial charge in [0.25, 0.3) is 0 Å². The van der Waals surface area contributed by atoms with Gasteiger partial charge in [-0.25, -0.2) is 4.98 Å². The molecule has 1 aliphatic carbocycles. The van der Waals surface area contributed by atoms with Gasteiger partial charge in [0.15, 0.2) is 0 Å². The van der Waals surface area contributed by atoms with Gasteiger partial charge in [-0.2, -0.15) is 0 Å². The van der Waals surface area contributed by atoms with Gasteiger partial charge in [-0.05, 0) is 30.5 Å². The van der Waals surface area contributed by atoms with Crippen LogP contribution in [-0.4, -0.2) is 16.0 Å². The zero-order chi connectivity index (χ0) is 11.5. The first-order valence-electron chi connectivity index (χ1n) is 6.58. The van der Waals surface area contributed by atoms with Gasteiger partial charge >= 0.3 is 0 Å². The number of nitrogens with one attached hydrogen (secondary N) is 2. The summed E-state index contributed by atoms with van der Waals surface area (Å²) in [5.74, 6) is 0. The van der Waals surface area contributed by atoms with Crippen molar-refractivity contribution in [2.45, 2.75) is 44.7 Å². The molecule has 0 aromatic carbocycles. The van der Waals surface area contributed by atoms with Crippen LogP contribution in [0.2, 0.25) is 0 Å². The molecular formula is C14H19N3. The monoisotopic (exact) mass is 229 g/mol. The van der Waals surface area contributed by atoms with E-state index < -0.39 is 0 Å². The molecule has 2 aromatic heterocycles. The van der Waals surface area contributed by atoms with Crippen molar-refractivity contribution in [1.82, 2.24) is 15.3 Å². The van der Waals surface area contributed by atoms with Crippen LogP contribution in [0.4, 0.5) is 0 Å². The zero-order valence-electron chi connectivity index (χ0n) is 10.1. The van der Waals surface area contributed by atoms with E-state index >= 15 is 0 Å². The van der Waals surface area contributed by atoms with Gasteiger partial charge in [0.05, 0.1) is 0 Å². The Hall–Kier alpha value is -1.35. The SMILES string of the molecule is c1cnc2[nH]cc(CNC3CCCCC3)c2c1. The number of fused-ring (bicyclic) bond motifs is 1. The summed E-state index contributed by atoms with van der Waals surface area (Å²) in [7, 11) is 0. The molecule has 0 aliphatic heterocycles. The molecule has 3 nitrogen and oxygen atoms in total. The second kappa shape index (κ2) is 4.88. The zero-order valence-corrected chi connectivity index (χ0v) is 10.1. The maximum atomic E-state index is 4.31. The summed E-state index contributed by atoms with van der Waals surface area (Å²) in [6.07, 6.45) is 10.8. The summed E-state index contributed by atoms with van der Waals surface area (Å²) in [5.41, 5.74) is 2.33. The highest BCUT2D eigenvalue weighted by Gasteiger charge is 2.13. The van der Waals surface area contributed by atoms with E-state index in [9.17, 15) is 0 Å². The number of H-pyrrole nitrogens is 1. The van der Waals surface area contributed by atoms with E-state index in [1.165, 1.54) is 43.1 Å². The van der Waals surface area contributed by atoms with Crippen molar-refractivity contribution in [2.24, 2.45) is 0 Å². The van der Waals surface area contributed by atoms with Crippen LogP contribution in [0.15, 0.2) is 24.5 Å². The van der Waals surface area contributed by atoms with E-state index in [2.05, 4.69) is 27.5 Å². The smallest absolute Gasteiger partial charge is 0.137 e. The summed E-state index contributed by atoms with van der Waals surface area (Å²) < 4.78 is 0. The highest BCUT2D eigenvalue weighted by molar-refractivity contribution is 5.79. The maximum Gasteiger partial charge on any atom is 0.137 e. The van der Waals surface area contributed by atoms with Gasteiger partial charge in [-0.1, -0.05) is 19.3 Å². The van der Waals surface area contributed by atoms with Gasteiger partial charge in [0.2, 0.25) is 0 Å². The summed E-state index contributed by atoms with van der Waals surface area (Å²) in [6, 6.07) is 4.85. The van der Waals surface area contributed by atoms with Crippen LogP contribution in [0.1, 0.15) is 37.7 Å². The molecule has 1 fully saturated rings. The van der Waals surface area contributed by atoms with Crippen LogP contribution in [0.3, 0.4) is 0 Å². The Morgan fingerprint density at radius 2 is 2.18 bits per heavy atom. The van der Waals surface area contributed by atoms with Gasteiger partial charge < -0.3 is 10.3 Å². The van der Waals surface area contributed by atoms with Gasteiger partial charge in [-0.3, -0.25) is 0 Å². The number of aromatic amines is 1. The first kappa shape index (κ1) is 10.8. The van der Waals surface area contributed by atoms with E-state index in [1.807, 2.05) is 12.3 Å². The molecule has 17 heavy (non-hydrogen) atoms. The van der Waals surface area contributed by atoms with Crippen LogP contribution in [0.5, 0.6) is 0 Å². The number of aromatic nitrogens is 2. The minimum absolute atomic E-state index is 0.713. The molecule has 0 saturated heterocycles. The summed E-state index contributed by atoms with van der Waals surface area (Å²) in [4.78, 5) is 7.54. The topological polar surface area (TPSA) is 40.7 Å². The molecule has 1 aliphatic rings. The predicted molar refractivity (Wildman–Crippen MR) is 69.8 cm³/mol. The molecular weight excluding hydrogens is 210 g/mol. The molecule has 90 valence electrons. The molecule has 0 atom stereocenters. The van der Waals surface area contributed by atoms with Crippen molar-refractivity contribution in [3.8, 4) is 0 Å². The van der Waals surface area contributed by atoms with Crippen molar-refractivity contribution < 1.29 is 0 Å². The quantitative estimate of drug-likeness (QED) is 0.849. The Labute approximate surface area is 102 Å². The lowest BCUT2D eigenvalue weighted by atomic mass is 9.95. The van der Waals surface area contributed by atoms with Gasteiger partial charge in [0.1, 0.15) is 5.65 Å². The fourth-order valence-electron chi connectivity index (χ4n) is 2.72. The standard InChI is InChI=1S/C14H19N3/c1-2-5-12(6-3-1)16-9-11-10-17-14-13(11)7-4-8-15-14/h4,7-8,10,12,16H,1-3,5-6,9H2,(H,15,17). The summed E-state index contributed by atoms with van der Waals surface area (Å²) >= 11 is 0. The summed E-state index contributed by atoms with van der Waals surface area (Å²) in [5, 5.41) is 4.91. The second-order valence-corrected chi connectivity index (χ2v) is 4.93. The third kappa shape index (κ3) is 2.34. The van der Waals surface area contributed by atoms with Crippen LogP contribution in [0.25, 0.3) is 11.0 Å². The molecule has 3 heteroatoms. The number of rotatable bonds is 3. The minimum Gasteiger partial charge on any atom is -0.346 e. The first-order valence-corrected chi connectivity index (χ1v) is 6.58. The Morgan fingerprint density at radius 3 is 3.06 bits per heavy atom. The van der Waals surface area contributed by atoms with E-state index in [4.69, 9.17) is 0 Å². The number of nitrogens with zero attached hydrogens (tertiary/aromatic N) is 1. The number of hydrogen-bond acceptors (Lipinski definition) is 2. The van der Waals surface area contributed by atoms with Crippen molar-refractivity contribution in [2.75, 3.05) is 0 Å². The van der Waals surface area contributed by atoms with Crippen molar-refractivity contribution >= 4 is 11.0 Å². The fraction of sp³-hybridized carbons (Fsp3) is 0.500. The third-order valence-electron chi connectivity index (χ3n) is 3.72. The second-order valence-electron chi connectivity index (χ2n) is 4.93. The largest absolute Gasteiger partial charge is 0.346 e. The van der Waals surface area contributed by atoms with E-state index in [-0.39, 0.29) is 0 Å². The highest BCUT2D eigenvalue weighted by atomic mass is 14.9. The van der Waals surface area contributed by atoms with Gasteiger partial charge in [0, 0.05) is 30.4 Å². The van der Waals surface area contributed by atoms with Crippen LogP contribution < -0.4 is 5.32 Å². The van der Waals surface area contributed by atoms with Crippen molar-refractivity contribution in [3.63, 3.8) is 0 Å². The molecule has 0 amide bonds. The third-order valence-corrected chi connectivity index (χ3v) is 3.72. The van der Waals surface area contributed by atoms with Crippen LogP contribution in [-0.2, 0) is 6.54 Å². The van der Waals surface area contributed by atoms with Crippen molar-refractivity contribution in [3.05, 3.63) is 30.1 Å². The van der Waals surface area contributed by atoms with E-state index in [0.717, 1.165) is 12.2 Å². The predicted octanol–water partition coefficient (Wildman–Crippen LogP) is 2.99. The number of hydrogen-bond donors (Lipinski definition) is 2. The normalized spacial score (nSPS) is 17.6. The first-order chi connectivity index (χ1) is 8.43. The molecule has 1 saturated carbocycles. The number of pyridine rings is 1. The fourth-order valence-corrected chi connectivity index (χ4v) is 2.72. The van der Waals surface area contributed by atoms with E-state index in [1.54, 1.807) is 0 Å². The van der Waals surface area contributed by atoms with Crippen LogP contribution in [0, 0.1) is 0 Å². The Kier molecular flexibility index (Phi) is 3.10. The molecule has 3 rings (SSSR count). The lowest BCUT2D eigenvalue weighted by molar-refractivity contribution is 0.373. The minimum atomic E-state index is 0.713. The highest BCUT2D eigenvalue weighted by Crippen LogP contribution is 2.19.